The van der Waals surface area contributed by atoms with Gasteiger partial charge < -0.3 is 10.1 Å². The maximum absolute atomic E-state index is 15.0. The van der Waals surface area contributed by atoms with Crippen molar-refractivity contribution >= 4 is 35.2 Å². The topological polar surface area (TPSA) is 75.7 Å². The number of allylic oxidation sites excluding steroid dienone is 1. The predicted molar refractivity (Wildman–Crippen MR) is 103 cm³/mol. The second-order valence-corrected chi connectivity index (χ2v) is 7.29. The van der Waals surface area contributed by atoms with Gasteiger partial charge in [0.05, 0.1) is 10.7 Å². The number of nitrogens with one attached hydrogen (secondary N) is 1. The molecular weight excluding hydrogens is 387 g/mol. The van der Waals surface area contributed by atoms with Crippen LogP contribution in [0, 0.1) is 5.82 Å². The number of carbonyl (C=O) groups excluding carboxylic acids is 3. The van der Waals surface area contributed by atoms with E-state index in [1.54, 1.807) is 6.92 Å². The molecule has 28 heavy (non-hydrogen) atoms. The van der Waals surface area contributed by atoms with Crippen molar-refractivity contribution in [2.45, 2.75) is 39.0 Å². The monoisotopic (exact) mass is 406 g/mol. The molecule has 0 bridgehead atoms. The number of halogens is 2. The van der Waals surface area contributed by atoms with Crippen LogP contribution >= 0.6 is 11.6 Å². The Morgan fingerprint density at radius 3 is 2.36 bits per heavy atom. The van der Waals surface area contributed by atoms with Gasteiger partial charge in [-0.2, -0.15) is 0 Å². The molecule has 0 atom stereocenters. The van der Waals surface area contributed by atoms with Crippen molar-refractivity contribution in [1.82, 2.24) is 5.32 Å². The van der Waals surface area contributed by atoms with Gasteiger partial charge in [0.2, 0.25) is 0 Å². The smallest absolute Gasteiger partial charge is 0.408 e. The van der Waals surface area contributed by atoms with Crippen LogP contribution < -0.4 is 15.0 Å². The summed E-state index contributed by atoms with van der Waals surface area (Å²) >= 11 is 6.12. The van der Waals surface area contributed by atoms with E-state index in [9.17, 15) is 14.4 Å². The number of nitrogens with zero attached hydrogens (tertiary/aromatic N) is 1. The number of hydrogen-bond acceptors (Lipinski definition) is 4. The van der Waals surface area contributed by atoms with Crippen molar-refractivity contribution in [3.05, 3.63) is 45.8 Å². The van der Waals surface area contributed by atoms with Gasteiger partial charge in [0, 0.05) is 23.8 Å². The van der Waals surface area contributed by atoms with E-state index in [0.717, 1.165) is 23.8 Å². The molecule has 148 valence electrons. The van der Waals surface area contributed by atoms with Gasteiger partial charge in [-0.1, -0.05) is 23.8 Å². The third kappa shape index (κ3) is 3.42. The SMILES string of the molecule is C=C(C)Cc1c(OC(=O)NC)c(Cl)cc(F)c1N1C(=O)C2=C(CCCC2)C1=O. The fourth-order valence-electron chi connectivity index (χ4n) is 3.55. The Kier molecular flexibility index (Phi) is 5.56. The van der Waals surface area contributed by atoms with Gasteiger partial charge in [0.25, 0.3) is 11.8 Å². The van der Waals surface area contributed by atoms with E-state index in [4.69, 9.17) is 16.3 Å². The molecule has 1 aliphatic heterocycles. The van der Waals surface area contributed by atoms with E-state index in [2.05, 4.69) is 11.9 Å². The fourth-order valence-corrected chi connectivity index (χ4v) is 3.79. The summed E-state index contributed by atoms with van der Waals surface area (Å²) in [7, 11) is 1.37. The number of rotatable bonds is 4. The lowest BCUT2D eigenvalue weighted by Gasteiger charge is -2.23. The lowest BCUT2D eigenvalue weighted by Crippen LogP contribution is -2.34. The lowest BCUT2D eigenvalue weighted by atomic mass is 9.93. The molecule has 6 nitrogen and oxygen atoms in total. The highest BCUT2D eigenvalue weighted by Gasteiger charge is 2.42. The molecule has 1 heterocycles. The predicted octanol–water partition coefficient (Wildman–Crippen LogP) is 4.06. The Balaban J connectivity index is 2.18. The second kappa shape index (κ2) is 7.75. The van der Waals surface area contributed by atoms with Crippen LogP contribution in [0.4, 0.5) is 14.9 Å². The van der Waals surface area contributed by atoms with Crippen LogP contribution in [0.25, 0.3) is 0 Å². The van der Waals surface area contributed by atoms with E-state index in [0.29, 0.717) is 29.6 Å². The highest BCUT2D eigenvalue weighted by molar-refractivity contribution is 6.35. The van der Waals surface area contributed by atoms with Crippen molar-refractivity contribution in [2.75, 3.05) is 11.9 Å². The Morgan fingerprint density at radius 2 is 1.86 bits per heavy atom. The number of amides is 3. The quantitative estimate of drug-likeness (QED) is 0.604. The molecule has 3 rings (SSSR count). The number of benzene rings is 1. The summed E-state index contributed by atoms with van der Waals surface area (Å²) in [5.41, 5.74) is 1.36. The van der Waals surface area contributed by atoms with Gasteiger partial charge in [-0.3, -0.25) is 9.59 Å². The Morgan fingerprint density at radius 1 is 1.29 bits per heavy atom. The van der Waals surface area contributed by atoms with Crippen molar-refractivity contribution in [3.63, 3.8) is 0 Å². The maximum atomic E-state index is 15.0. The van der Waals surface area contributed by atoms with Gasteiger partial charge in [0.15, 0.2) is 5.75 Å². The molecule has 8 heteroatoms. The molecule has 0 saturated heterocycles. The van der Waals surface area contributed by atoms with E-state index in [1.807, 2.05) is 0 Å². The molecule has 1 N–H and O–H groups in total. The van der Waals surface area contributed by atoms with Gasteiger partial charge >= 0.3 is 6.09 Å². The van der Waals surface area contributed by atoms with Crippen molar-refractivity contribution in [1.29, 1.82) is 0 Å². The standard InChI is InChI=1S/C20H20ClFN2O4/c1-10(2)8-13-16(15(22)9-14(21)17(13)28-20(27)23-3)24-18(25)11-6-4-5-7-12(11)19(24)26/h9H,1,4-8H2,2-3H3,(H,23,27). The van der Waals surface area contributed by atoms with Gasteiger partial charge in [0.1, 0.15) is 5.82 Å². The number of hydrogen-bond donors (Lipinski definition) is 1. The van der Waals surface area contributed by atoms with E-state index in [-0.39, 0.29) is 28.4 Å². The van der Waals surface area contributed by atoms with Crippen LogP contribution in [0.5, 0.6) is 5.75 Å². The van der Waals surface area contributed by atoms with Gasteiger partial charge in [-0.05, 0) is 45.1 Å². The summed E-state index contributed by atoms with van der Waals surface area (Å²) in [6, 6.07) is 0.939. The fraction of sp³-hybridized carbons (Fsp3) is 0.350. The molecule has 1 aliphatic carbocycles. The molecule has 1 aromatic carbocycles. The lowest BCUT2D eigenvalue weighted by molar-refractivity contribution is -0.120. The molecule has 0 radical (unpaired) electrons. The molecule has 0 aromatic heterocycles. The summed E-state index contributed by atoms with van der Waals surface area (Å²) in [4.78, 5) is 38.4. The van der Waals surface area contributed by atoms with Gasteiger partial charge in [-0.25, -0.2) is 14.1 Å². The third-order valence-corrected chi connectivity index (χ3v) is 5.03. The van der Waals surface area contributed by atoms with Crippen LogP contribution in [-0.4, -0.2) is 25.0 Å². The Labute approximate surface area is 167 Å². The zero-order valence-electron chi connectivity index (χ0n) is 15.7. The Bertz CT molecular complexity index is 911. The largest absolute Gasteiger partial charge is 0.412 e. The number of carbonyl (C=O) groups is 3. The van der Waals surface area contributed by atoms with Crippen LogP contribution in [0.3, 0.4) is 0 Å². The molecule has 0 fully saturated rings. The third-order valence-electron chi connectivity index (χ3n) is 4.75. The molecule has 3 amide bonds. The highest BCUT2D eigenvalue weighted by atomic mass is 35.5. The van der Waals surface area contributed by atoms with Crippen LogP contribution in [-0.2, 0) is 16.0 Å². The summed E-state index contributed by atoms with van der Waals surface area (Å²) in [6.07, 6.45) is 1.85. The average molecular weight is 407 g/mol. The second-order valence-electron chi connectivity index (χ2n) is 6.88. The molecule has 2 aliphatic rings. The van der Waals surface area contributed by atoms with E-state index in [1.165, 1.54) is 7.05 Å². The molecule has 0 saturated carbocycles. The molecular formula is C20H20ClFN2O4. The summed E-state index contributed by atoms with van der Waals surface area (Å²) in [6.45, 7) is 5.51. The van der Waals surface area contributed by atoms with Crippen molar-refractivity contribution in [3.8, 4) is 5.75 Å². The first-order chi connectivity index (χ1) is 13.3. The van der Waals surface area contributed by atoms with Gasteiger partial charge in [-0.15, -0.1) is 0 Å². The molecule has 1 aromatic rings. The Hall–Kier alpha value is -2.67. The summed E-state index contributed by atoms with van der Waals surface area (Å²) in [5, 5.41) is 2.15. The van der Waals surface area contributed by atoms with Crippen LogP contribution in [0.15, 0.2) is 29.4 Å². The van der Waals surface area contributed by atoms with Crippen molar-refractivity contribution < 1.29 is 23.5 Å². The first-order valence-electron chi connectivity index (χ1n) is 8.91. The maximum Gasteiger partial charge on any atom is 0.412 e. The first-order valence-corrected chi connectivity index (χ1v) is 9.29. The zero-order chi connectivity index (χ0) is 20.6. The van der Waals surface area contributed by atoms with Crippen LogP contribution in [0.2, 0.25) is 5.02 Å². The minimum absolute atomic E-state index is 0.0703. The van der Waals surface area contributed by atoms with E-state index >= 15 is 4.39 Å². The number of ether oxygens (including phenoxy) is 1. The molecule has 0 unspecified atom stereocenters. The van der Waals surface area contributed by atoms with E-state index < -0.39 is 23.7 Å². The molecule has 0 spiro atoms. The first kappa shape index (κ1) is 20.1. The highest BCUT2D eigenvalue weighted by Crippen LogP contribution is 2.43. The summed E-state index contributed by atoms with van der Waals surface area (Å²) < 4.78 is 20.2. The minimum Gasteiger partial charge on any atom is -0.408 e. The minimum atomic E-state index is -0.841. The normalized spacial score (nSPS) is 16.4. The number of imide groups is 1. The number of anilines is 1. The average Bonchev–Trinajstić information content (AvgIpc) is 2.89. The summed E-state index contributed by atoms with van der Waals surface area (Å²) in [5.74, 6) is -2.01. The van der Waals surface area contributed by atoms with Crippen molar-refractivity contribution in [2.24, 2.45) is 0 Å². The van der Waals surface area contributed by atoms with Crippen LogP contribution in [0.1, 0.15) is 38.2 Å². The zero-order valence-corrected chi connectivity index (χ0v) is 16.4.